The molecule has 2 aliphatic rings. The number of carbonyl (C=O) groups is 1. The molecule has 2 aliphatic heterocycles. The van der Waals surface area contributed by atoms with Gasteiger partial charge in [0, 0.05) is 30.3 Å². The first-order valence-electron chi connectivity index (χ1n) is 17.1. The lowest BCUT2D eigenvalue weighted by molar-refractivity contribution is -0.137. The molecule has 1 fully saturated rings. The number of para-hydroxylation sites is 1. The molecule has 0 bridgehead atoms. The Morgan fingerprint density at radius 3 is 2.24 bits per heavy atom. The van der Waals surface area contributed by atoms with E-state index in [0.717, 1.165) is 72.6 Å². The third-order valence-electron chi connectivity index (χ3n) is 10.1. The Labute approximate surface area is 289 Å². The van der Waals surface area contributed by atoms with Crippen molar-refractivity contribution in [2.45, 2.75) is 85.1 Å². The van der Waals surface area contributed by atoms with Crippen LogP contribution in [-0.4, -0.2) is 45.4 Å². The summed E-state index contributed by atoms with van der Waals surface area (Å²) < 4.78 is 74.1. The van der Waals surface area contributed by atoms with Crippen molar-refractivity contribution in [3.05, 3.63) is 99.2 Å². The van der Waals surface area contributed by atoms with Gasteiger partial charge in [-0.15, -0.1) is 0 Å². The van der Waals surface area contributed by atoms with Gasteiger partial charge in [-0.25, -0.2) is 18.3 Å². The molecule has 1 saturated heterocycles. The van der Waals surface area contributed by atoms with E-state index >= 15 is 8.78 Å². The molecular weight excluding hydrogens is 651 g/mol. The number of rotatable bonds is 9. The smallest absolute Gasteiger partial charge is 0.325 e. The number of aryl methyl sites for hydroxylation is 3. The molecule has 0 aliphatic carbocycles. The van der Waals surface area contributed by atoms with Gasteiger partial charge in [0.1, 0.15) is 11.6 Å². The summed E-state index contributed by atoms with van der Waals surface area (Å²) in [5.41, 5.74) is 4.12. The summed E-state index contributed by atoms with van der Waals surface area (Å²) >= 11 is 0. The van der Waals surface area contributed by atoms with Crippen molar-refractivity contribution in [3.8, 4) is 16.9 Å². The van der Waals surface area contributed by atoms with Gasteiger partial charge in [-0.1, -0.05) is 38.1 Å². The average molecular weight is 695 g/mol. The Kier molecular flexibility index (Phi) is 9.80. The van der Waals surface area contributed by atoms with Crippen molar-refractivity contribution in [2.75, 3.05) is 25.1 Å². The monoisotopic (exact) mass is 694 g/mol. The molecule has 4 aromatic rings. The van der Waals surface area contributed by atoms with Gasteiger partial charge in [0.05, 0.1) is 40.5 Å². The summed E-state index contributed by atoms with van der Waals surface area (Å²) in [4.78, 5) is 16.8. The highest BCUT2D eigenvalue weighted by molar-refractivity contribution is 5.90. The van der Waals surface area contributed by atoms with Crippen LogP contribution < -0.4 is 10.6 Å². The highest BCUT2D eigenvalue weighted by Crippen LogP contribution is 2.46. The van der Waals surface area contributed by atoms with E-state index in [1.165, 1.54) is 6.07 Å². The maximum atomic E-state index is 16.3. The number of anilines is 1. The minimum Gasteiger partial charge on any atom is -0.325 e. The van der Waals surface area contributed by atoms with Crippen LogP contribution in [0, 0.1) is 18.6 Å². The number of urea groups is 1. The third kappa shape index (κ3) is 6.75. The normalized spacial score (nSPS) is 16.2. The second kappa shape index (κ2) is 13.8. The molecule has 2 amide bonds. The van der Waals surface area contributed by atoms with Gasteiger partial charge in [-0.2, -0.15) is 18.3 Å². The predicted octanol–water partition coefficient (Wildman–Crippen LogP) is 8.70. The maximum Gasteiger partial charge on any atom is 0.416 e. The van der Waals surface area contributed by atoms with Crippen LogP contribution in [0.15, 0.2) is 48.5 Å². The number of amides is 2. The zero-order valence-corrected chi connectivity index (χ0v) is 29.1. The first-order valence-corrected chi connectivity index (χ1v) is 17.1. The molecule has 3 aromatic carbocycles. The largest absolute Gasteiger partial charge is 0.416 e. The van der Waals surface area contributed by atoms with E-state index < -0.39 is 34.9 Å². The Morgan fingerprint density at radius 2 is 1.62 bits per heavy atom. The van der Waals surface area contributed by atoms with Crippen LogP contribution in [-0.2, 0) is 37.6 Å². The summed E-state index contributed by atoms with van der Waals surface area (Å²) in [6.07, 6.45) is -0.975. The first kappa shape index (κ1) is 35.5. The predicted molar refractivity (Wildman–Crippen MR) is 184 cm³/mol. The fraction of sp³-hybridized carbons (Fsp3) is 0.421. The number of likely N-dealkylation sites (tertiary alicyclic amines) is 1. The highest BCUT2D eigenvalue weighted by atomic mass is 19.4. The van der Waals surface area contributed by atoms with Gasteiger partial charge in [-0.05, 0) is 100.0 Å². The number of hydrogen-bond acceptors (Lipinski definition) is 4. The number of aromatic nitrogens is 2. The Balaban J connectivity index is 1.41. The van der Waals surface area contributed by atoms with Crippen LogP contribution in [0.5, 0.6) is 0 Å². The Morgan fingerprint density at radius 1 is 0.940 bits per heavy atom. The quantitative estimate of drug-likeness (QED) is 0.172. The number of nitrogens with one attached hydrogen (secondary N) is 2. The molecule has 7 nitrogen and oxygen atoms in total. The number of alkyl halides is 3. The Bertz CT molecular complexity index is 1890. The molecule has 3 heterocycles. The molecule has 0 atom stereocenters. The minimum absolute atomic E-state index is 0.00408. The summed E-state index contributed by atoms with van der Waals surface area (Å²) in [5.74, 6) is -1.53. The standard InChI is InChI=1S/C38H43F5N6O/c1-6-24-11-10-12-25(7-2)33(24)49-34(28-18-31(40)32(19-30(28)39)45-36(50)44-22-47-15-8-9-16-47)29-21-48(37(4,5)35(29)46-49)20-26-13-14-27(17-23(26)3)38(41,42)43/h10-14,17-19H,6-9,15-16,20-22H2,1-5H3,(H2,44,45,50). The fourth-order valence-corrected chi connectivity index (χ4v) is 7.18. The van der Waals surface area contributed by atoms with Gasteiger partial charge in [0.25, 0.3) is 0 Å². The van der Waals surface area contributed by atoms with Crippen LogP contribution in [0.1, 0.15) is 79.6 Å². The van der Waals surface area contributed by atoms with E-state index in [9.17, 15) is 18.0 Å². The number of halogens is 5. The molecule has 0 saturated carbocycles. The molecule has 0 radical (unpaired) electrons. The number of benzene rings is 3. The molecular formula is C38H43F5N6O. The number of nitrogens with zero attached hydrogens (tertiary/aromatic N) is 4. The number of hydrogen-bond donors (Lipinski definition) is 2. The highest BCUT2D eigenvalue weighted by Gasteiger charge is 2.44. The van der Waals surface area contributed by atoms with Crippen molar-refractivity contribution in [1.29, 1.82) is 0 Å². The average Bonchev–Trinajstić information content (AvgIpc) is 3.78. The van der Waals surface area contributed by atoms with Gasteiger partial charge in [0.15, 0.2) is 0 Å². The van der Waals surface area contributed by atoms with Gasteiger partial charge in [0.2, 0.25) is 0 Å². The molecule has 50 heavy (non-hydrogen) atoms. The molecule has 1 aromatic heterocycles. The van der Waals surface area contributed by atoms with Crippen molar-refractivity contribution < 1.29 is 26.7 Å². The maximum absolute atomic E-state index is 16.3. The van der Waals surface area contributed by atoms with Crippen molar-refractivity contribution in [2.24, 2.45) is 0 Å². The van der Waals surface area contributed by atoms with E-state index in [-0.39, 0.29) is 11.3 Å². The summed E-state index contributed by atoms with van der Waals surface area (Å²) in [5, 5.41) is 10.3. The van der Waals surface area contributed by atoms with E-state index in [4.69, 9.17) is 5.10 Å². The van der Waals surface area contributed by atoms with Crippen molar-refractivity contribution >= 4 is 11.7 Å². The number of carbonyl (C=O) groups excluding carboxylic acids is 1. The first-order chi connectivity index (χ1) is 23.7. The minimum atomic E-state index is -4.45. The summed E-state index contributed by atoms with van der Waals surface area (Å²) in [7, 11) is 0. The van der Waals surface area contributed by atoms with E-state index in [2.05, 4.69) is 20.4 Å². The summed E-state index contributed by atoms with van der Waals surface area (Å²) in [6, 6.07) is 11.2. The lowest BCUT2D eigenvalue weighted by atomic mass is 9.97. The van der Waals surface area contributed by atoms with Crippen LogP contribution >= 0.6 is 0 Å². The van der Waals surface area contributed by atoms with Crippen molar-refractivity contribution in [3.63, 3.8) is 0 Å². The fourth-order valence-electron chi connectivity index (χ4n) is 7.18. The second-order valence-electron chi connectivity index (χ2n) is 13.7. The third-order valence-corrected chi connectivity index (χ3v) is 10.1. The lowest BCUT2D eigenvalue weighted by Gasteiger charge is -2.32. The molecule has 0 unspecified atom stereocenters. The molecule has 6 rings (SSSR count). The van der Waals surface area contributed by atoms with Crippen LogP contribution in [0.2, 0.25) is 0 Å². The van der Waals surface area contributed by atoms with Gasteiger partial charge >= 0.3 is 12.2 Å². The lowest BCUT2D eigenvalue weighted by Crippen LogP contribution is -2.38. The second-order valence-corrected chi connectivity index (χ2v) is 13.7. The van der Waals surface area contributed by atoms with Crippen LogP contribution in [0.4, 0.5) is 32.4 Å². The number of fused-ring (bicyclic) bond motifs is 1. The zero-order valence-electron chi connectivity index (χ0n) is 29.1. The molecule has 266 valence electrons. The van der Waals surface area contributed by atoms with Crippen LogP contribution in [0.3, 0.4) is 0 Å². The topological polar surface area (TPSA) is 65.4 Å². The zero-order chi connectivity index (χ0) is 36.0. The SMILES string of the molecule is CCc1cccc(CC)c1-n1nc2c(c1-c1cc(F)c(NC(=O)NCN3CCCC3)cc1F)CN(Cc1ccc(C(F)(F)F)cc1C)C2(C)C. The van der Waals surface area contributed by atoms with Gasteiger partial charge < -0.3 is 10.6 Å². The molecule has 2 N–H and O–H groups in total. The van der Waals surface area contributed by atoms with E-state index in [1.54, 1.807) is 11.6 Å². The van der Waals surface area contributed by atoms with Crippen LogP contribution in [0.25, 0.3) is 16.9 Å². The van der Waals surface area contributed by atoms with E-state index in [1.807, 2.05) is 45.9 Å². The summed E-state index contributed by atoms with van der Waals surface area (Å²) in [6.45, 7) is 12.4. The van der Waals surface area contributed by atoms with E-state index in [0.29, 0.717) is 55.1 Å². The van der Waals surface area contributed by atoms with Gasteiger partial charge in [-0.3, -0.25) is 9.80 Å². The molecule has 0 spiro atoms. The Hall–Kier alpha value is -4.29. The van der Waals surface area contributed by atoms with Crippen molar-refractivity contribution in [1.82, 2.24) is 24.9 Å². The molecule has 12 heteroatoms.